The normalized spacial score (nSPS) is 17.6. The molecule has 1 unspecified atom stereocenters. The SMILES string of the molecule is C=CC1CCCN1Sc1ccc(-c2ccc(N)c(C(=N)N)n2)c(C)c1. The Morgan fingerprint density at radius 1 is 1.40 bits per heavy atom. The Kier molecular flexibility index (Phi) is 5.11. The molecule has 0 saturated carbocycles. The fourth-order valence-electron chi connectivity index (χ4n) is 3.07. The highest BCUT2D eigenvalue weighted by Crippen LogP contribution is 2.34. The summed E-state index contributed by atoms with van der Waals surface area (Å²) in [7, 11) is 0. The number of hydrogen-bond acceptors (Lipinski definition) is 5. The van der Waals surface area contributed by atoms with E-state index in [0.717, 1.165) is 23.4 Å². The summed E-state index contributed by atoms with van der Waals surface area (Å²) < 4.78 is 2.39. The predicted molar refractivity (Wildman–Crippen MR) is 106 cm³/mol. The zero-order valence-electron chi connectivity index (χ0n) is 14.3. The standard InChI is InChI=1S/C19H23N5S/c1-3-13-5-4-10-24(13)25-14-6-7-15(12(2)11-14)17-9-8-16(20)18(23-17)19(21)22/h3,6-9,11,13H,1,4-5,10,20H2,2H3,(H3,21,22). The maximum Gasteiger partial charge on any atom is 0.143 e. The number of nitrogens with two attached hydrogens (primary N) is 2. The number of nitrogen functional groups attached to an aromatic ring is 2. The molecule has 0 aliphatic carbocycles. The lowest BCUT2D eigenvalue weighted by molar-refractivity contribution is 0.506. The smallest absolute Gasteiger partial charge is 0.143 e. The quantitative estimate of drug-likeness (QED) is 0.331. The number of aryl methyl sites for hydroxylation is 1. The fraction of sp³-hybridized carbons (Fsp3) is 0.263. The van der Waals surface area contributed by atoms with Crippen molar-refractivity contribution in [2.45, 2.75) is 30.7 Å². The number of nitrogens with one attached hydrogen (secondary N) is 1. The van der Waals surface area contributed by atoms with Gasteiger partial charge in [0.25, 0.3) is 0 Å². The summed E-state index contributed by atoms with van der Waals surface area (Å²) in [5.41, 5.74) is 15.1. The van der Waals surface area contributed by atoms with Crippen molar-refractivity contribution in [2.75, 3.05) is 12.3 Å². The summed E-state index contributed by atoms with van der Waals surface area (Å²) in [5.74, 6) is -0.117. The average molecular weight is 353 g/mol. The summed E-state index contributed by atoms with van der Waals surface area (Å²) in [6.45, 7) is 7.09. The number of pyridine rings is 1. The van der Waals surface area contributed by atoms with Crippen LogP contribution in [0.3, 0.4) is 0 Å². The van der Waals surface area contributed by atoms with E-state index in [1.807, 2.05) is 12.1 Å². The third-order valence-corrected chi connectivity index (χ3v) is 5.55. The Morgan fingerprint density at radius 3 is 2.88 bits per heavy atom. The first-order valence-electron chi connectivity index (χ1n) is 8.28. The molecule has 2 aromatic rings. The first-order valence-corrected chi connectivity index (χ1v) is 9.06. The average Bonchev–Trinajstić information content (AvgIpc) is 3.02. The molecule has 1 aliphatic heterocycles. The van der Waals surface area contributed by atoms with E-state index in [1.165, 1.54) is 17.7 Å². The van der Waals surface area contributed by atoms with Gasteiger partial charge in [-0.1, -0.05) is 12.1 Å². The third kappa shape index (κ3) is 3.70. The molecular formula is C19H23N5S. The van der Waals surface area contributed by atoms with Crippen LogP contribution in [0.2, 0.25) is 0 Å². The zero-order valence-corrected chi connectivity index (χ0v) is 15.1. The molecule has 5 nitrogen and oxygen atoms in total. The number of rotatable bonds is 5. The first-order chi connectivity index (χ1) is 12.0. The van der Waals surface area contributed by atoms with Gasteiger partial charge in [-0.25, -0.2) is 9.29 Å². The predicted octanol–water partition coefficient (Wildman–Crippen LogP) is 3.58. The van der Waals surface area contributed by atoms with Crippen LogP contribution in [-0.2, 0) is 0 Å². The monoisotopic (exact) mass is 353 g/mol. The number of anilines is 1. The molecule has 0 spiro atoms. The van der Waals surface area contributed by atoms with Crippen molar-refractivity contribution in [3.05, 3.63) is 54.2 Å². The first kappa shape index (κ1) is 17.5. The third-order valence-electron chi connectivity index (χ3n) is 4.40. The Bertz CT molecular complexity index is 817. The zero-order chi connectivity index (χ0) is 18.0. The number of aromatic nitrogens is 1. The van der Waals surface area contributed by atoms with E-state index in [0.29, 0.717) is 17.4 Å². The van der Waals surface area contributed by atoms with E-state index in [2.05, 4.69) is 41.0 Å². The molecule has 1 aliphatic rings. The van der Waals surface area contributed by atoms with E-state index in [9.17, 15) is 0 Å². The molecule has 1 saturated heterocycles. The summed E-state index contributed by atoms with van der Waals surface area (Å²) in [5, 5.41) is 7.60. The van der Waals surface area contributed by atoms with Crippen LogP contribution in [0, 0.1) is 12.3 Å². The number of hydrogen-bond donors (Lipinski definition) is 3. The fourth-order valence-corrected chi connectivity index (χ4v) is 4.24. The van der Waals surface area contributed by atoms with Crippen molar-refractivity contribution in [3.8, 4) is 11.3 Å². The van der Waals surface area contributed by atoms with Crippen LogP contribution >= 0.6 is 11.9 Å². The maximum absolute atomic E-state index is 7.60. The highest BCUT2D eigenvalue weighted by atomic mass is 32.2. The van der Waals surface area contributed by atoms with E-state index < -0.39 is 0 Å². The second kappa shape index (κ2) is 7.29. The van der Waals surface area contributed by atoms with Gasteiger partial charge in [-0.15, -0.1) is 6.58 Å². The molecule has 1 atom stereocenters. The Morgan fingerprint density at radius 2 is 2.20 bits per heavy atom. The Labute approximate surface area is 152 Å². The van der Waals surface area contributed by atoms with Gasteiger partial charge in [-0.05, 0) is 61.5 Å². The summed E-state index contributed by atoms with van der Waals surface area (Å²) in [4.78, 5) is 5.66. The highest BCUT2D eigenvalue weighted by molar-refractivity contribution is 7.97. The van der Waals surface area contributed by atoms with Crippen LogP contribution in [0.25, 0.3) is 11.3 Å². The van der Waals surface area contributed by atoms with Crippen LogP contribution in [0.1, 0.15) is 24.1 Å². The lowest BCUT2D eigenvalue weighted by atomic mass is 10.0. The van der Waals surface area contributed by atoms with Gasteiger partial charge in [0.05, 0.1) is 11.4 Å². The van der Waals surface area contributed by atoms with Gasteiger partial charge in [-0.3, -0.25) is 5.41 Å². The van der Waals surface area contributed by atoms with Crippen molar-refractivity contribution in [2.24, 2.45) is 5.73 Å². The minimum Gasteiger partial charge on any atom is -0.397 e. The lowest BCUT2D eigenvalue weighted by Gasteiger charge is -2.20. The van der Waals surface area contributed by atoms with Crippen LogP contribution in [-0.4, -0.2) is 27.7 Å². The Hall–Kier alpha value is -2.31. The number of amidine groups is 1. The second-order valence-corrected chi connectivity index (χ2v) is 7.32. The van der Waals surface area contributed by atoms with Crippen LogP contribution in [0.15, 0.2) is 47.9 Å². The maximum atomic E-state index is 7.60. The molecule has 0 radical (unpaired) electrons. The summed E-state index contributed by atoms with van der Waals surface area (Å²) >= 11 is 1.78. The molecule has 130 valence electrons. The molecule has 3 rings (SSSR count). The second-order valence-electron chi connectivity index (χ2n) is 6.20. The number of nitrogens with zero attached hydrogens (tertiary/aromatic N) is 2. The van der Waals surface area contributed by atoms with Crippen LogP contribution in [0.4, 0.5) is 5.69 Å². The molecule has 1 aromatic carbocycles. The molecule has 2 heterocycles. The minimum atomic E-state index is -0.117. The molecule has 1 fully saturated rings. The summed E-state index contributed by atoms with van der Waals surface area (Å²) in [6, 6.07) is 10.4. The lowest BCUT2D eigenvalue weighted by Crippen LogP contribution is -2.19. The molecule has 1 aromatic heterocycles. The molecular weight excluding hydrogens is 330 g/mol. The molecule has 0 amide bonds. The van der Waals surface area contributed by atoms with Crippen molar-refractivity contribution in [3.63, 3.8) is 0 Å². The minimum absolute atomic E-state index is 0.117. The van der Waals surface area contributed by atoms with Gasteiger partial charge in [-0.2, -0.15) is 0 Å². The summed E-state index contributed by atoms with van der Waals surface area (Å²) in [6.07, 6.45) is 4.42. The van der Waals surface area contributed by atoms with Crippen molar-refractivity contribution in [1.82, 2.24) is 9.29 Å². The van der Waals surface area contributed by atoms with Gasteiger partial charge >= 0.3 is 0 Å². The van der Waals surface area contributed by atoms with Gasteiger partial charge in [0.2, 0.25) is 0 Å². The molecule has 0 bridgehead atoms. The highest BCUT2D eigenvalue weighted by Gasteiger charge is 2.22. The van der Waals surface area contributed by atoms with E-state index in [4.69, 9.17) is 16.9 Å². The van der Waals surface area contributed by atoms with Crippen molar-refractivity contribution >= 4 is 23.5 Å². The molecule has 5 N–H and O–H groups in total. The topological polar surface area (TPSA) is 92.0 Å². The van der Waals surface area contributed by atoms with Crippen LogP contribution < -0.4 is 11.5 Å². The van der Waals surface area contributed by atoms with Crippen molar-refractivity contribution in [1.29, 1.82) is 5.41 Å². The Balaban J connectivity index is 1.86. The van der Waals surface area contributed by atoms with Gasteiger partial charge in [0.1, 0.15) is 11.5 Å². The van der Waals surface area contributed by atoms with Gasteiger partial charge < -0.3 is 11.5 Å². The van der Waals surface area contributed by atoms with Gasteiger partial charge in [0, 0.05) is 23.0 Å². The molecule has 25 heavy (non-hydrogen) atoms. The number of benzene rings is 1. The van der Waals surface area contributed by atoms with Crippen molar-refractivity contribution < 1.29 is 0 Å². The largest absolute Gasteiger partial charge is 0.397 e. The van der Waals surface area contributed by atoms with Crippen LogP contribution in [0.5, 0.6) is 0 Å². The van der Waals surface area contributed by atoms with E-state index in [1.54, 1.807) is 18.0 Å². The van der Waals surface area contributed by atoms with E-state index >= 15 is 0 Å². The van der Waals surface area contributed by atoms with Gasteiger partial charge in [0.15, 0.2) is 0 Å². The molecule has 6 heteroatoms. The van der Waals surface area contributed by atoms with E-state index in [-0.39, 0.29) is 5.84 Å².